The molecular weight excluding hydrogens is 432 g/mol. The fourth-order valence-corrected chi connectivity index (χ4v) is 3.77. The van der Waals surface area contributed by atoms with E-state index >= 15 is 0 Å². The molecular formula is C23H28N2O6S. The third kappa shape index (κ3) is 6.91. The Morgan fingerprint density at radius 3 is 2.31 bits per heavy atom. The summed E-state index contributed by atoms with van der Waals surface area (Å²) in [5.41, 5.74) is 0.683. The van der Waals surface area contributed by atoms with Crippen molar-refractivity contribution in [3.8, 4) is 0 Å². The lowest BCUT2D eigenvalue weighted by Gasteiger charge is -2.20. The Bertz CT molecular complexity index is 955. The number of amides is 2. The van der Waals surface area contributed by atoms with Crippen molar-refractivity contribution < 1.29 is 28.7 Å². The number of carbonyl (C=O) groups is 4. The number of hydrogen-bond acceptors (Lipinski definition) is 7. The molecule has 0 aliphatic heterocycles. The minimum atomic E-state index is -0.918. The van der Waals surface area contributed by atoms with E-state index in [1.54, 1.807) is 57.2 Å². The van der Waals surface area contributed by atoms with Crippen molar-refractivity contribution in [3.05, 3.63) is 52.4 Å². The SMILES string of the molecule is CCOC(=O)c1cc(CC)sc1NC(=O)COC(=O)[C@@H](NC(=O)c1ccccc1)C(C)C. The summed E-state index contributed by atoms with van der Waals surface area (Å²) in [6.45, 7) is 6.83. The van der Waals surface area contributed by atoms with E-state index in [4.69, 9.17) is 9.47 Å². The molecule has 2 aromatic rings. The van der Waals surface area contributed by atoms with E-state index in [0.717, 1.165) is 4.88 Å². The largest absolute Gasteiger partial charge is 0.462 e. The molecule has 0 aliphatic carbocycles. The van der Waals surface area contributed by atoms with E-state index in [1.807, 2.05) is 6.92 Å². The molecule has 1 aromatic carbocycles. The van der Waals surface area contributed by atoms with E-state index < -0.39 is 36.4 Å². The Balaban J connectivity index is 1.99. The van der Waals surface area contributed by atoms with Crippen LogP contribution >= 0.6 is 11.3 Å². The molecule has 0 fully saturated rings. The monoisotopic (exact) mass is 460 g/mol. The van der Waals surface area contributed by atoms with Crippen molar-refractivity contribution in [2.45, 2.75) is 40.2 Å². The van der Waals surface area contributed by atoms with Gasteiger partial charge in [0.15, 0.2) is 6.61 Å². The van der Waals surface area contributed by atoms with Crippen molar-refractivity contribution in [1.29, 1.82) is 0 Å². The minimum absolute atomic E-state index is 0.215. The fraction of sp³-hybridized carbons (Fsp3) is 0.391. The average Bonchev–Trinajstić information content (AvgIpc) is 3.19. The lowest BCUT2D eigenvalue weighted by Crippen LogP contribution is -2.45. The van der Waals surface area contributed by atoms with Crippen LogP contribution in [-0.2, 0) is 25.5 Å². The maximum Gasteiger partial charge on any atom is 0.341 e. The third-order valence-corrected chi connectivity index (χ3v) is 5.66. The Labute approximate surface area is 191 Å². The van der Waals surface area contributed by atoms with Crippen molar-refractivity contribution in [2.75, 3.05) is 18.5 Å². The van der Waals surface area contributed by atoms with Gasteiger partial charge in [-0.25, -0.2) is 9.59 Å². The molecule has 2 rings (SSSR count). The number of anilines is 1. The molecule has 1 heterocycles. The van der Waals surface area contributed by atoms with Crippen LogP contribution in [0.25, 0.3) is 0 Å². The van der Waals surface area contributed by atoms with Crippen molar-refractivity contribution in [3.63, 3.8) is 0 Å². The Hall–Kier alpha value is -3.20. The van der Waals surface area contributed by atoms with Crippen LogP contribution in [-0.4, -0.2) is 43.0 Å². The molecule has 8 nitrogen and oxygen atoms in total. The molecule has 1 atom stereocenters. The van der Waals surface area contributed by atoms with Gasteiger partial charge < -0.3 is 20.1 Å². The van der Waals surface area contributed by atoms with Crippen LogP contribution in [0.3, 0.4) is 0 Å². The van der Waals surface area contributed by atoms with Crippen LogP contribution in [0.15, 0.2) is 36.4 Å². The highest BCUT2D eigenvalue weighted by molar-refractivity contribution is 7.16. The molecule has 2 N–H and O–H groups in total. The second-order valence-electron chi connectivity index (χ2n) is 7.25. The number of carbonyl (C=O) groups excluding carboxylic acids is 4. The van der Waals surface area contributed by atoms with Gasteiger partial charge in [-0.15, -0.1) is 11.3 Å². The summed E-state index contributed by atoms with van der Waals surface area (Å²) in [4.78, 5) is 50.3. The zero-order valence-electron chi connectivity index (χ0n) is 18.6. The number of rotatable bonds is 10. The summed E-state index contributed by atoms with van der Waals surface area (Å²) >= 11 is 1.26. The maximum absolute atomic E-state index is 12.5. The number of nitrogens with one attached hydrogen (secondary N) is 2. The van der Waals surface area contributed by atoms with E-state index in [9.17, 15) is 19.2 Å². The van der Waals surface area contributed by atoms with Crippen LogP contribution in [0, 0.1) is 5.92 Å². The smallest absolute Gasteiger partial charge is 0.341 e. The first-order valence-electron chi connectivity index (χ1n) is 10.4. The molecule has 0 saturated heterocycles. The second-order valence-corrected chi connectivity index (χ2v) is 8.38. The van der Waals surface area contributed by atoms with Crippen molar-refractivity contribution in [2.24, 2.45) is 5.92 Å². The standard InChI is InChI=1S/C23H28N2O6S/c1-5-16-12-17(22(28)30-6-2)21(32-16)24-18(26)13-31-23(29)19(14(3)4)25-20(27)15-10-8-7-9-11-15/h7-12,14,19H,5-6,13H2,1-4H3,(H,24,26)(H,25,27)/t19-/m0/s1. The topological polar surface area (TPSA) is 111 Å². The quantitative estimate of drug-likeness (QED) is 0.526. The van der Waals surface area contributed by atoms with Gasteiger partial charge >= 0.3 is 11.9 Å². The fourth-order valence-electron chi connectivity index (χ4n) is 2.77. The Morgan fingerprint density at radius 1 is 1.03 bits per heavy atom. The van der Waals surface area contributed by atoms with Gasteiger partial charge in [0.25, 0.3) is 11.8 Å². The maximum atomic E-state index is 12.5. The van der Waals surface area contributed by atoms with Gasteiger partial charge in [0.05, 0.1) is 12.2 Å². The molecule has 0 unspecified atom stereocenters. The van der Waals surface area contributed by atoms with E-state index in [2.05, 4.69) is 10.6 Å². The normalized spacial score (nSPS) is 11.5. The van der Waals surface area contributed by atoms with Gasteiger partial charge in [0.1, 0.15) is 11.0 Å². The van der Waals surface area contributed by atoms with Gasteiger partial charge in [0.2, 0.25) is 0 Å². The van der Waals surface area contributed by atoms with E-state index in [-0.39, 0.29) is 18.1 Å². The summed E-state index contributed by atoms with van der Waals surface area (Å²) in [5.74, 6) is -2.50. The zero-order valence-corrected chi connectivity index (χ0v) is 19.4. The van der Waals surface area contributed by atoms with Crippen LogP contribution in [0.4, 0.5) is 5.00 Å². The number of aryl methyl sites for hydroxylation is 1. The summed E-state index contributed by atoms with van der Waals surface area (Å²) in [5, 5.41) is 5.61. The minimum Gasteiger partial charge on any atom is -0.462 e. The molecule has 0 spiro atoms. The highest BCUT2D eigenvalue weighted by Gasteiger charge is 2.27. The van der Waals surface area contributed by atoms with E-state index in [0.29, 0.717) is 17.0 Å². The molecule has 1 aromatic heterocycles. The molecule has 0 aliphatic rings. The third-order valence-electron chi connectivity index (χ3n) is 4.47. The first-order chi connectivity index (χ1) is 15.3. The number of ether oxygens (including phenoxy) is 2. The van der Waals surface area contributed by atoms with Crippen LogP contribution in [0.1, 0.15) is 53.3 Å². The van der Waals surface area contributed by atoms with Gasteiger partial charge in [-0.1, -0.05) is 39.0 Å². The highest BCUT2D eigenvalue weighted by Crippen LogP contribution is 2.29. The number of benzene rings is 1. The first-order valence-corrected chi connectivity index (χ1v) is 11.2. The lowest BCUT2D eigenvalue weighted by atomic mass is 10.0. The number of thiophene rings is 1. The number of esters is 2. The van der Waals surface area contributed by atoms with Crippen molar-refractivity contribution in [1.82, 2.24) is 5.32 Å². The molecule has 32 heavy (non-hydrogen) atoms. The average molecular weight is 461 g/mol. The predicted molar refractivity (Wildman–Crippen MR) is 122 cm³/mol. The molecule has 0 saturated carbocycles. The summed E-state index contributed by atoms with van der Waals surface area (Å²) in [6, 6.07) is 9.27. The molecule has 0 bridgehead atoms. The zero-order chi connectivity index (χ0) is 23.7. The second kappa shape index (κ2) is 12.0. The van der Waals surface area contributed by atoms with Crippen molar-refractivity contribution >= 4 is 40.1 Å². The summed E-state index contributed by atoms with van der Waals surface area (Å²) in [6.07, 6.45) is 0.694. The Kier molecular flexibility index (Phi) is 9.39. The van der Waals surface area contributed by atoms with Crippen LogP contribution in [0.2, 0.25) is 0 Å². The summed E-state index contributed by atoms with van der Waals surface area (Å²) < 4.78 is 10.2. The van der Waals surface area contributed by atoms with E-state index in [1.165, 1.54) is 11.3 Å². The molecule has 172 valence electrons. The van der Waals surface area contributed by atoms with Crippen LogP contribution < -0.4 is 10.6 Å². The van der Waals surface area contributed by atoms with Gasteiger partial charge in [-0.3, -0.25) is 9.59 Å². The molecule has 2 amide bonds. The number of hydrogen-bond donors (Lipinski definition) is 2. The highest BCUT2D eigenvalue weighted by atomic mass is 32.1. The Morgan fingerprint density at radius 2 is 1.72 bits per heavy atom. The summed E-state index contributed by atoms with van der Waals surface area (Å²) in [7, 11) is 0. The predicted octanol–water partition coefficient (Wildman–Crippen LogP) is 3.42. The van der Waals surface area contributed by atoms with Gasteiger partial charge in [-0.2, -0.15) is 0 Å². The molecule has 0 radical (unpaired) electrons. The van der Waals surface area contributed by atoms with Crippen LogP contribution in [0.5, 0.6) is 0 Å². The van der Waals surface area contributed by atoms with Gasteiger partial charge in [0, 0.05) is 10.4 Å². The molecule has 9 heteroatoms. The lowest BCUT2D eigenvalue weighted by molar-refractivity contribution is -0.150. The van der Waals surface area contributed by atoms with Gasteiger partial charge in [-0.05, 0) is 37.5 Å². The first kappa shape index (κ1) is 25.1.